The number of aliphatic hydroxyl groups excluding tert-OH is 1. The van der Waals surface area contributed by atoms with Gasteiger partial charge in [-0.15, -0.1) is 0 Å². The molecule has 0 radical (unpaired) electrons. The van der Waals surface area contributed by atoms with E-state index in [-0.39, 0.29) is 18.2 Å². The van der Waals surface area contributed by atoms with Crippen molar-refractivity contribution < 1.29 is 19.2 Å². The summed E-state index contributed by atoms with van der Waals surface area (Å²) in [4.78, 5) is 21.4. The van der Waals surface area contributed by atoms with Gasteiger partial charge in [-0.3, -0.25) is 14.9 Å². The van der Waals surface area contributed by atoms with E-state index in [2.05, 4.69) is 5.32 Å². The van der Waals surface area contributed by atoms with Gasteiger partial charge in [0.05, 0.1) is 4.92 Å². The van der Waals surface area contributed by atoms with Crippen LogP contribution in [0.3, 0.4) is 0 Å². The third kappa shape index (κ3) is 3.99. The fraction of sp³-hybridized carbons (Fsp3) is 0.417. The van der Waals surface area contributed by atoms with Crippen LogP contribution in [0, 0.1) is 15.9 Å². The topological polar surface area (TPSA) is 92.5 Å². The van der Waals surface area contributed by atoms with Gasteiger partial charge in [-0.2, -0.15) is 4.39 Å². The van der Waals surface area contributed by atoms with Crippen molar-refractivity contribution in [1.29, 1.82) is 0 Å². The molecular weight excluding hydrogens is 255 g/mol. The second kappa shape index (κ2) is 6.79. The minimum absolute atomic E-state index is 0.0134. The maximum Gasteiger partial charge on any atom is 0.304 e. The molecule has 0 aliphatic heterocycles. The van der Waals surface area contributed by atoms with Crippen molar-refractivity contribution in [2.45, 2.75) is 25.8 Å². The Labute approximate surface area is 109 Å². The van der Waals surface area contributed by atoms with Crippen LogP contribution in [0.1, 0.15) is 30.1 Å². The monoisotopic (exact) mass is 270 g/mol. The number of nitro groups is 1. The van der Waals surface area contributed by atoms with Gasteiger partial charge < -0.3 is 10.4 Å². The first kappa shape index (κ1) is 15.0. The number of hydrogen-bond acceptors (Lipinski definition) is 4. The van der Waals surface area contributed by atoms with E-state index in [1.165, 1.54) is 6.07 Å². The summed E-state index contributed by atoms with van der Waals surface area (Å²) < 4.78 is 13.4. The molecule has 0 saturated heterocycles. The SMILES string of the molecule is CCC(CCO)NC(=O)c1ccc([N+](=O)[O-])c(F)c1. The molecule has 0 spiro atoms. The molecule has 0 aromatic heterocycles. The van der Waals surface area contributed by atoms with E-state index >= 15 is 0 Å². The summed E-state index contributed by atoms with van der Waals surface area (Å²) in [5, 5.41) is 21.9. The van der Waals surface area contributed by atoms with Gasteiger partial charge in [0.15, 0.2) is 0 Å². The van der Waals surface area contributed by atoms with Crippen molar-refractivity contribution in [3.8, 4) is 0 Å². The molecule has 0 bridgehead atoms. The first-order valence-electron chi connectivity index (χ1n) is 5.85. The highest BCUT2D eigenvalue weighted by atomic mass is 19.1. The Morgan fingerprint density at radius 2 is 2.26 bits per heavy atom. The van der Waals surface area contributed by atoms with Gasteiger partial charge in [-0.25, -0.2) is 0 Å². The van der Waals surface area contributed by atoms with Gasteiger partial charge in [0.2, 0.25) is 5.82 Å². The third-order valence-corrected chi connectivity index (χ3v) is 2.71. The number of amides is 1. The summed E-state index contributed by atoms with van der Waals surface area (Å²) in [6, 6.07) is 2.77. The second-order valence-electron chi connectivity index (χ2n) is 4.01. The predicted molar refractivity (Wildman–Crippen MR) is 66.3 cm³/mol. The first-order valence-corrected chi connectivity index (χ1v) is 5.85. The molecule has 7 heteroatoms. The maximum absolute atomic E-state index is 13.4. The van der Waals surface area contributed by atoms with Crippen molar-refractivity contribution in [2.75, 3.05) is 6.61 Å². The summed E-state index contributed by atoms with van der Waals surface area (Å²) in [5.41, 5.74) is -0.654. The molecule has 2 N–H and O–H groups in total. The average Bonchev–Trinajstić information content (AvgIpc) is 2.37. The molecule has 1 atom stereocenters. The number of nitrogens with one attached hydrogen (secondary N) is 1. The van der Waals surface area contributed by atoms with E-state index in [1.807, 2.05) is 6.92 Å². The van der Waals surface area contributed by atoms with Crippen LogP contribution in [-0.2, 0) is 0 Å². The molecule has 19 heavy (non-hydrogen) atoms. The van der Waals surface area contributed by atoms with E-state index < -0.39 is 22.3 Å². The lowest BCUT2D eigenvalue weighted by Crippen LogP contribution is -2.35. The Balaban J connectivity index is 2.83. The summed E-state index contributed by atoms with van der Waals surface area (Å²) >= 11 is 0. The molecule has 104 valence electrons. The number of halogens is 1. The van der Waals surface area contributed by atoms with Gasteiger partial charge in [0.1, 0.15) is 0 Å². The highest BCUT2D eigenvalue weighted by Crippen LogP contribution is 2.18. The Morgan fingerprint density at radius 1 is 1.58 bits per heavy atom. The standard InChI is InChI=1S/C12H15FN2O4/c1-2-9(5-6-16)14-12(17)8-3-4-11(15(18)19)10(13)7-8/h3-4,7,9,16H,2,5-6H2,1H3,(H,14,17). The van der Waals surface area contributed by atoms with E-state index in [0.29, 0.717) is 12.8 Å². The first-order chi connectivity index (χ1) is 8.99. The van der Waals surface area contributed by atoms with Crippen LogP contribution in [0.4, 0.5) is 10.1 Å². The number of aliphatic hydroxyl groups is 1. The van der Waals surface area contributed by atoms with Crippen LogP contribution < -0.4 is 5.32 Å². The van der Waals surface area contributed by atoms with Crippen molar-refractivity contribution in [3.63, 3.8) is 0 Å². The molecule has 1 aromatic carbocycles. The zero-order valence-electron chi connectivity index (χ0n) is 10.4. The molecule has 0 fully saturated rings. The smallest absolute Gasteiger partial charge is 0.304 e. The second-order valence-corrected chi connectivity index (χ2v) is 4.01. The number of carbonyl (C=O) groups excluding carboxylic acids is 1. The average molecular weight is 270 g/mol. The van der Waals surface area contributed by atoms with Crippen molar-refractivity contribution in [1.82, 2.24) is 5.32 Å². The lowest BCUT2D eigenvalue weighted by atomic mass is 10.1. The zero-order chi connectivity index (χ0) is 14.4. The van der Waals surface area contributed by atoms with Gasteiger partial charge in [0, 0.05) is 24.3 Å². The summed E-state index contributed by atoms with van der Waals surface area (Å²) in [6.45, 7) is 1.78. The Morgan fingerprint density at radius 3 is 2.74 bits per heavy atom. The quantitative estimate of drug-likeness (QED) is 0.607. The largest absolute Gasteiger partial charge is 0.396 e. The number of nitro benzene ring substituents is 1. The molecular formula is C12H15FN2O4. The van der Waals surface area contributed by atoms with Crippen molar-refractivity contribution >= 4 is 11.6 Å². The highest BCUT2D eigenvalue weighted by molar-refractivity contribution is 5.94. The van der Waals surface area contributed by atoms with Gasteiger partial charge in [-0.05, 0) is 25.0 Å². The molecule has 1 unspecified atom stereocenters. The number of carbonyl (C=O) groups is 1. The minimum Gasteiger partial charge on any atom is -0.396 e. The highest BCUT2D eigenvalue weighted by Gasteiger charge is 2.18. The van der Waals surface area contributed by atoms with Crippen molar-refractivity contribution in [3.05, 3.63) is 39.7 Å². The molecule has 6 nitrogen and oxygen atoms in total. The molecule has 1 aromatic rings. The van der Waals surface area contributed by atoms with Gasteiger partial charge in [-0.1, -0.05) is 6.92 Å². The Bertz CT molecular complexity index is 479. The summed E-state index contributed by atoms with van der Waals surface area (Å²) in [6.07, 6.45) is 1.03. The van der Waals surface area contributed by atoms with E-state index in [4.69, 9.17) is 5.11 Å². The van der Waals surface area contributed by atoms with Gasteiger partial charge >= 0.3 is 5.69 Å². The summed E-state index contributed by atoms with van der Waals surface area (Å²) in [5.74, 6) is -1.57. The van der Waals surface area contributed by atoms with Crippen LogP contribution in [0.25, 0.3) is 0 Å². The molecule has 1 rings (SSSR count). The number of hydrogen-bond donors (Lipinski definition) is 2. The lowest BCUT2D eigenvalue weighted by Gasteiger charge is -2.15. The molecule has 0 aliphatic carbocycles. The molecule has 0 saturated carbocycles. The molecule has 0 heterocycles. The van der Waals surface area contributed by atoms with Crippen LogP contribution in [-0.4, -0.2) is 28.6 Å². The van der Waals surface area contributed by atoms with Crippen LogP contribution in [0.2, 0.25) is 0 Å². The van der Waals surface area contributed by atoms with E-state index in [0.717, 1.165) is 12.1 Å². The van der Waals surface area contributed by atoms with Crippen LogP contribution in [0.5, 0.6) is 0 Å². The number of rotatable bonds is 6. The molecule has 1 amide bonds. The van der Waals surface area contributed by atoms with E-state index in [1.54, 1.807) is 0 Å². The van der Waals surface area contributed by atoms with Gasteiger partial charge in [0.25, 0.3) is 5.91 Å². The fourth-order valence-corrected chi connectivity index (χ4v) is 1.60. The maximum atomic E-state index is 13.4. The zero-order valence-corrected chi connectivity index (χ0v) is 10.4. The molecule has 0 aliphatic rings. The normalized spacial score (nSPS) is 11.9. The Hall–Kier alpha value is -2.02. The summed E-state index contributed by atoms with van der Waals surface area (Å²) in [7, 11) is 0. The number of nitrogens with zero attached hydrogens (tertiary/aromatic N) is 1. The number of benzene rings is 1. The van der Waals surface area contributed by atoms with Crippen molar-refractivity contribution in [2.24, 2.45) is 0 Å². The fourth-order valence-electron chi connectivity index (χ4n) is 1.60. The lowest BCUT2D eigenvalue weighted by molar-refractivity contribution is -0.387. The van der Waals surface area contributed by atoms with Crippen LogP contribution in [0.15, 0.2) is 18.2 Å². The third-order valence-electron chi connectivity index (χ3n) is 2.71. The minimum atomic E-state index is -1.05. The Kier molecular flexibility index (Phi) is 5.37. The van der Waals surface area contributed by atoms with Crippen LogP contribution >= 0.6 is 0 Å². The predicted octanol–water partition coefficient (Wildman–Crippen LogP) is 1.62. The van der Waals surface area contributed by atoms with E-state index in [9.17, 15) is 19.3 Å².